The molecule has 3 aliphatic heterocycles. The van der Waals surface area contributed by atoms with E-state index in [-0.39, 0.29) is 95.6 Å². The van der Waals surface area contributed by atoms with Crippen LogP contribution >= 0.6 is 0 Å². The molecule has 0 spiro atoms. The molecule has 0 radical (unpaired) electrons. The number of aliphatic carboxylic acids is 4. The highest BCUT2D eigenvalue weighted by molar-refractivity contribution is 6.01. The van der Waals surface area contributed by atoms with Crippen molar-refractivity contribution in [3.8, 4) is 5.75 Å². The number of hydrogen-bond acceptors (Lipinski definition) is 22. The van der Waals surface area contributed by atoms with Gasteiger partial charge in [-0.15, -0.1) is 0 Å². The molecule has 0 bridgehead atoms. The van der Waals surface area contributed by atoms with E-state index in [0.29, 0.717) is 67.1 Å². The van der Waals surface area contributed by atoms with Gasteiger partial charge in [-0.2, -0.15) is 0 Å². The number of aromatic nitrogens is 1. The van der Waals surface area contributed by atoms with Crippen molar-refractivity contribution in [2.75, 3.05) is 39.3 Å². The molecule has 0 saturated carbocycles. The van der Waals surface area contributed by atoms with Crippen LogP contribution in [-0.4, -0.2) is 270 Å². The number of para-hydroxylation sites is 1. The Morgan fingerprint density at radius 2 is 1.01 bits per heavy atom. The normalized spacial score (nSPS) is 18.0. The van der Waals surface area contributed by atoms with Gasteiger partial charge >= 0.3 is 23.9 Å². The van der Waals surface area contributed by atoms with Crippen molar-refractivity contribution >= 4 is 112 Å². The minimum absolute atomic E-state index is 0.0121. The fraction of sp³-hybridized carbons (Fsp3) is 0.592. The number of aromatic hydroxyl groups is 1. The number of nitrogens with two attached hydrogens (primary N) is 2. The van der Waals surface area contributed by atoms with Gasteiger partial charge in [0.1, 0.15) is 78.3 Å². The second kappa shape index (κ2) is 46.2. The van der Waals surface area contributed by atoms with Crippen molar-refractivity contribution in [2.24, 2.45) is 17.4 Å². The average molecular weight is 1630 g/mol. The number of nitrogens with zero attached hydrogens (tertiary/aromatic N) is 2. The van der Waals surface area contributed by atoms with Gasteiger partial charge in [-0.1, -0.05) is 44.2 Å². The number of unbranched alkanes of at least 4 members (excludes halogenated alkanes) is 2. The molecule has 1 aromatic heterocycles. The lowest BCUT2D eigenvalue weighted by Gasteiger charge is -2.31. The van der Waals surface area contributed by atoms with Crippen LogP contribution in [0.2, 0.25) is 0 Å². The number of hydrogen-bond donors (Lipinski definition) is 21. The molecule has 2 aromatic carbocycles. The van der Waals surface area contributed by atoms with E-state index in [0.717, 1.165) is 18.7 Å². The summed E-state index contributed by atoms with van der Waals surface area (Å²) in [5.74, 6) is -18.4. The van der Waals surface area contributed by atoms with Crippen LogP contribution in [0.4, 0.5) is 0 Å². The minimum Gasteiger partial charge on any atom is -0.508 e. The van der Waals surface area contributed by atoms with Crippen molar-refractivity contribution in [3.63, 3.8) is 0 Å². The predicted octanol–water partition coefficient (Wildman–Crippen LogP) is -3.65. The summed E-state index contributed by atoms with van der Waals surface area (Å²) in [5.41, 5.74) is 13.3. The molecule has 116 heavy (non-hydrogen) atoms. The van der Waals surface area contributed by atoms with Crippen LogP contribution in [-0.2, 0) is 94.3 Å². The van der Waals surface area contributed by atoms with Gasteiger partial charge in [0.2, 0.25) is 76.8 Å². The Labute approximate surface area is 668 Å². The lowest BCUT2D eigenvalue weighted by Crippen LogP contribution is -2.61. The van der Waals surface area contributed by atoms with Crippen molar-refractivity contribution in [1.82, 2.24) is 78.6 Å². The molecule has 40 nitrogen and oxygen atoms in total. The van der Waals surface area contributed by atoms with Gasteiger partial charge in [0, 0.05) is 55.9 Å². The van der Waals surface area contributed by atoms with E-state index in [4.69, 9.17) is 11.5 Å². The van der Waals surface area contributed by atoms with E-state index in [1.165, 1.54) is 29.2 Å². The molecule has 4 heterocycles. The number of carbonyl (C=O) groups excluding carboxylic acids is 13. The van der Waals surface area contributed by atoms with E-state index in [9.17, 15) is 112 Å². The lowest BCUT2D eigenvalue weighted by molar-refractivity contribution is -0.145. The lowest BCUT2D eigenvalue weighted by atomic mass is 10.0. The van der Waals surface area contributed by atoms with Crippen LogP contribution in [0.25, 0.3) is 10.9 Å². The van der Waals surface area contributed by atoms with Crippen LogP contribution in [0.15, 0.2) is 54.7 Å². The first kappa shape index (κ1) is 93.5. The Morgan fingerprint density at radius 1 is 0.500 bits per heavy atom. The highest BCUT2D eigenvalue weighted by Crippen LogP contribution is 2.25. The van der Waals surface area contributed by atoms with Gasteiger partial charge in [-0.3, -0.25) is 76.7 Å². The van der Waals surface area contributed by atoms with Crippen LogP contribution in [0.1, 0.15) is 154 Å². The topological polar surface area (TPSA) is 630 Å². The van der Waals surface area contributed by atoms with Gasteiger partial charge in [-0.25, -0.2) is 4.79 Å². The number of phenols is 1. The van der Waals surface area contributed by atoms with E-state index >= 15 is 0 Å². The zero-order valence-corrected chi connectivity index (χ0v) is 65.4. The number of likely N-dealkylation sites (tertiary alicyclic amines) is 2. The Hall–Kier alpha value is -11.4. The van der Waals surface area contributed by atoms with E-state index in [1.54, 1.807) is 44.3 Å². The standard InChI is InChI=1S/C76H111N17O23/c1-40(2)34-53(69(108)86-52(17-8-10-30-78)74(113)92-32-12-19-57(92)73(112)89-54(36-44-38-80-47-15-6-5-14-46(44)47)70(109)90-56(76(115)116)35-43-21-23-45(95)24-22-43)87-68(107)51(26-28-61(99)100)83-64(103)41(3)82-59(96)39-81-65(104)50(25-27-60(97)98)85-72(111)58-20-13-33-93(58)75(114)63(42(4)94)91-71(110)55(37-62(101)102)88-67(106)49(16-7-9-29-77)84-66(105)48-18-11-31-79-48/h5-6,14-15,21-24,38,40-42,48-58,63,79-80,94-95H,7-13,16-20,25-37,39,77-78H2,1-4H3,(H,81,104)(H,82,96)(H,83,103)(H,84,105)(H,85,111)(H,86,108)(H,87,107)(H,88,106)(H,89,112)(H,90,109)(H,91,110)(H,97,98)(H,99,100)(H,101,102)(H,115,116)/t41-,42+,48-,49-,50-,51-,52-,53-,54-,55-,56-,57-,58-,63-/m0/s1. The minimum atomic E-state index is -1.87. The molecule has 3 aliphatic rings. The summed E-state index contributed by atoms with van der Waals surface area (Å²) in [7, 11) is 0. The molecule has 0 aliphatic carbocycles. The number of benzene rings is 2. The third-order valence-corrected chi connectivity index (χ3v) is 20.1. The molecular formula is C76H111N17O23. The molecule has 13 amide bonds. The number of H-pyrrole nitrogens is 1. The third kappa shape index (κ3) is 29.2. The molecule has 3 fully saturated rings. The molecule has 3 aromatic rings. The number of carboxylic acids is 4. The summed E-state index contributed by atoms with van der Waals surface area (Å²) in [6.07, 6.45) is -0.782. The molecule has 3 saturated heterocycles. The molecule has 638 valence electrons. The van der Waals surface area contributed by atoms with Gasteiger partial charge in [-0.05, 0) is 165 Å². The largest absolute Gasteiger partial charge is 0.508 e. The number of carbonyl (C=O) groups is 17. The number of phenolic OH excluding ortho intramolecular Hbond substituents is 1. The highest BCUT2D eigenvalue weighted by Gasteiger charge is 2.44. The molecule has 40 heteroatoms. The monoisotopic (exact) mass is 1630 g/mol. The average Bonchev–Trinajstić information content (AvgIpc) is 1.64. The van der Waals surface area contributed by atoms with Crippen LogP contribution in [0.5, 0.6) is 5.75 Å². The summed E-state index contributed by atoms with van der Waals surface area (Å²) in [6, 6.07) is -5.94. The predicted molar refractivity (Wildman–Crippen MR) is 413 cm³/mol. The Kier molecular flexibility index (Phi) is 37.3. The summed E-state index contributed by atoms with van der Waals surface area (Å²) >= 11 is 0. The quantitative estimate of drug-likeness (QED) is 0.0242. The van der Waals surface area contributed by atoms with Crippen LogP contribution < -0.4 is 75.3 Å². The number of rotatable bonds is 48. The first-order chi connectivity index (χ1) is 55.1. The van der Waals surface area contributed by atoms with Crippen LogP contribution in [0, 0.1) is 5.92 Å². The second-order valence-corrected chi connectivity index (χ2v) is 29.7. The first-order valence-electron chi connectivity index (χ1n) is 39.0. The number of aliphatic hydroxyl groups excluding tert-OH is 1. The molecule has 14 atom stereocenters. The van der Waals surface area contributed by atoms with E-state index in [1.807, 2.05) is 0 Å². The maximum atomic E-state index is 14.9. The fourth-order valence-electron chi connectivity index (χ4n) is 13.8. The van der Waals surface area contributed by atoms with Crippen molar-refractivity contribution in [3.05, 3.63) is 65.9 Å². The Morgan fingerprint density at radius 3 is 1.57 bits per heavy atom. The third-order valence-electron chi connectivity index (χ3n) is 20.1. The number of nitrogens with one attached hydrogen (secondary N) is 13. The smallest absolute Gasteiger partial charge is 0.326 e. The Balaban J connectivity index is 1.09. The van der Waals surface area contributed by atoms with Gasteiger partial charge in [0.05, 0.1) is 25.1 Å². The second-order valence-electron chi connectivity index (χ2n) is 29.7. The summed E-state index contributed by atoms with van der Waals surface area (Å²) in [4.78, 5) is 236. The molecule has 0 unspecified atom stereocenters. The highest BCUT2D eigenvalue weighted by atomic mass is 16.4. The molecule has 6 rings (SSSR count). The number of amides is 13. The van der Waals surface area contributed by atoms with Gasteiger partial charge in [0.25, 0.3) is 0 Å². The van der Waals surface area contributed by atoms with Gasteiger partial charge < -0.3 is 121 Å². The van der Waals surface area contributed by atoms with Crippen molar-refractivity contribution in [1.29, 1.82) is 0 Å². The summed E-state index contributed by atoms with van der Waals surface area (Å²) in [6.45, 7) is 5.67. The van der Waals surface area contributed by atoms with E-state index < -0.39 is 224 Å². The maximum absolute atomic E-state index is 14.9. The molecule has 23 N–H and O–H groups in total. The number of aliphatic hydroxyl groups is 1. The summed E-state index contributed by atoms with van der Waals surface area (Å²) in [5, 5.41) is 91.0. The Bertz CT molecular complexity index is 3960. The zero-order valence-electron chi connectivity index (χ0n) is 65.4. The van der Waals surface area contributed by atoms with Gasteiger partial charge in [0.15, 0.2) is 0 Å². The van der Waals surface area contributed by atoms with E-state index in [2.05, 4.69) is 68.8 Å². The number of fused-ring (bicyclic) bond motifs is 1. The zero-order chi connectivity index (χ0) is 85.5. The van der Waals surface area contributed by atoms with Crippen molar-refractivity contribution < 1.29 is 112 Å². The number of carboxylic acid groups (broad SMARTS) is 4. The van der Waals surface area contributed by atoms with Crippen molar-refractivity contribution in [2.45, 2.75) is 241 Å². The summed E-state index contributed by atoms with van der Waals surface area (Å²) < 4.78 is 0. The molecular weight excluding hydrogens is 1520 g/mol. The fourth-order valence-corrected chi connectivity index (χ4v) is 13.8. The number of aromatic amines is 1. The maximum Gasteiger partial charge on any atom is 0.326 e. The SMILES string of the molecule is CC(C)C[C@H](NC(=O)[C@H](CCC(=O)O)NC(=O)[C@H](C)NC(=O)CNC(=O)[C@H](CCC(=O)O)NC(=O)[C@@H]1CCCN1C(=O)[C@@H](NC(=O)[C@H](CC(=O)O)NC(=O)[C@H](CCCCN)NC(=O)[C@@H]1CCCN1)[C@@H](C)O)C(=O)N[C@@H](CCCCN)C(=O)N1CCC[C@H]1C(=O)N[C@@H](Cc1c[nH]c2ccccc12)C(=O)N[C@@H](Cc1ccc(O)cc1)C(=O)O. The van der Waals surface area contributed by atoms with Crippen LogP contribution in [0.3, 0.4) is 0 Å². The first-order valence-corrected chi connectivity index (χ1v) is 39.0.